The third-order valence-electron chi connectivity index (χ3n) is 5.36. The van der Waals surface area contributed by atoms with Crippen molar-refractivity contribution in [1.82, 2.24) is 10.2 Å². The van der Waals surface area contributed by atoms with Gasteiger partial charge in [0.1, 0.15) is 17.8 Å². The third kappa shape index (κ3) is 3.13. The van der Waals surface area contributed by atoms with Crippen LogP contribution < -0.4 is 5.32 Å². The monoisotopic (exact) mass is 458 g/mol. The van der Waals surface area contributed by atoms with Crippen molar-refractivity contribution in [3.05, 3.63) is 99.0 Å². The molecule has 1 atom stereocenters. The Bertz CT molecular complexity index is 1230. The molecule has 148 valence electrons. The number of hydrogen-bond donors (Lipinski definition) is 1. The van der Waals surface area contributed by atoms with Gasteiger partial charge in [-0.1, -0.05) is 70.0 Å². The Morgan fingerprint density at radius 1 is 1.00 bits per heavy atom. The summed E-state index contributed by atoms with van der Waals surface area (Å²) in [7, 11) is 0. The van der Waals surface area contributed by atoms with E-state index in [-0.39, 0.29) is 6.03 Å². The van der Waals surface area contributed by atoms with Crippen LogP contribution in [-0.2, 0) is 0 Å². The summed E-state index contributed by atoms with van der Waals surface area (Å²) in [6, 6.07) is 21.8. The Morgan fingerprint density at radius 2 is 1.73 bits per heavy atom. The van der Waals surface area contributed by atoms with E-state index in [4.69, 9.17) is 4.99 Å². The number of rotatable bonds is 2. The van der Waals surface area contributed by atoms with Crippen LogP contribution in [0.25, 0.3) is 0 Å². The molecule has 0 fully saturated rings. The van der Waals surface area contributed by atoms with Gasteiger partial charge in [-0.3, -0.25) is 4.90 Å². The minimum Gasteiger partial charge on any atom is -0.311 e. The van der Waals surface area contributed by atoms with Crippen molar-refractivity contribution >= 4 is 39.3 Å². The lowest BCUT2D eigenvalue weighted by Gasteiger charge is -2.33. The molecule has 0 bridgehead atoms. The molecule has 1 unspecified atom stereocenters. The third-order valence-corrected chi connectivity index (χ3v) is 5.88. The van der Waals surface area contributed by atoms with Crippen LogP contribution in [0.15, 0.2) is 81.2 Å². The van der Waals surface area contributed by atoms with E-state index in [0.717, 1.165) is 38.2 Å². The summed E-state index contributed by atoms with van der Waals surface area (Å²) in [5.74, 6) is 1.41. The molecule has 2 aliphatic heterocycles. The predicted octanol–water partition coefficient (Wildman–Crippen LogP) is 5.63. The van der Waals surface area contributed by atoms with E-state index in [9.17, 15) is 4.79 Å². The fourth-order valence-corrected chi connectivity index (χ4v) is 4.20. The van der Waals surface area contributed by atoms with Crippen LogP contribution in [0.2, 0.25) is 0 Å². The number of aliphatic imine (C=N–C) groups is 2. The zero-order valence-corrected chi connectivity index (χ0v) is 18.1. The maximum Gasteiger partial charge on any atom is 0.344 e. The number of carbonyl (C=O) groups excluding carboxylic acids is 1. The average Bonchev–Trinajstić information content (AvgIpc) is 3.04. The van der Waals surface area contributed by atoms with Crippen LogP contribution in [0.5, 0.6) is 0 Å². The second-order valence-electron chi connectivity index (χ2n) is 7.48. The maximum absolute atomic E-state index is 12.4. The molecule has 0 saturated heterocycles. The highest BCUT2D eigenvalue weighted by atomic mass is 79.9. The van der Waals surface area contributed by atoms with Crippen LogP contribution in [-0.4, -0.2) is 22.6 Å². The van der Waals surface area contributed by atoms with E-state index >= 15 is 0 Å². The standard InChI is InChI=1S/C24H19BrN4O/c1-14-7-12-20(15(2)13-14)26-22-18-5-3-4-6-19(18)23-28-24(30)27-21(29(22)23)16-8-10-17(25)11-9-16/h3-13,21H,1-2H3,(H,27,30). The number of benzene rings is 3. The summed E-state index contributed by atoms with van der Waals surface area (Å²) in [6.07, 6.45) is -0.394. The molecular formula is C24H19BrN4O. The fraction of sp³-hybridized carbons (Fsp3) is 0.125. The molecule has 5 nitrogen and oxygen atoms in total. The van der Waals surface area contributed by atoms with E-state index < -0.39 is 6.17 Å². The summed E-state index contributed by atoms with van der Waals surface area (Å²) < 4.78 is 0.983. The van der Waals surface area contributed by atoms with Gasteiger partial charge in [0.25, 0.3) is 0 Å². The number of nitrogens with zero attached hydrogens (tertiary/aromatic N) is 3. The number of amides is 2. The number of carbonyl (C=O) groups is 1. The lowest BCUT2D eigenvalue weighted by atomic mass is 10.1. The molecule has 2 aliphatic rings. The van der Waals surface area contributed by atoms with Crippen molar-refractivity contribution in [3.63, 3.8) is 0 Å². The largest absolute Gasteiger partial charge is 0.344 e. The molecule has 5 rings (SSSR count). The molecule has 0 aliphatic carbocycles. The number of urea groups is 1. The molecule has 1 N–H and O–H groups in total. The van der Waals surface area contributed by atoms with Gasteiger partial charge in [0.15, 0.2) is 0 Å². The Balaban J connectivity index is 1.71. The molecule has 0 saturated carbocycles. The summed E-state index contributed by atoms with van der Waals surface area (Å²) in [4.78, 5) is 23.8. The van der Waals surface area contributed by atoms with E-state index in [0.29, 0.717) is 5.84 Å². The van der Waals surface area contributed by atoms with Crippen molar-refractivity contribution < 1.29 is 4.79 Å². The topological polar surface area (TPSA) is 57.1 Å². The van der Waals surface area contributed by atoms with Gasteiger partial charge in [0, 0.05) is 15.6 Å². The van der Waals surface area contributed by atoms with Gasteiger partial charge in [0.05, 0.1) is 5.69 Å². The second-order valence-corrected chi connectivity index (χ2v) is 8.40. The molecular weight excluding hydrogens is 440 g/mol. The number of hydrogen-bond acceptors (Lipinski definition) is 2. The summed E-state index contributed by atoms with van der Waals surface area (Å²) in [6.45, 7) is 4.13. The zero-order chi connectivity index (χ0) is 20.8. The van der Waals surface area contributed by atoms with Gasteiger partial charge in [0.2, 0.25) is 0 Å². The minimum absolute atomic E-state index is 0.350. The van der Waals surface area contributed by atoms with Gasteiger partial charge >= 0.3 is 6.03 Å². The predicted molar refractivity (Wildman–Crippen MR) is 122 cm³/mol. The molecule has 0 radical (unpaired) electrons. The zero-order valence-electron chi connectivity index (χ0n) is 16.6. The van der Waals surface area contributed by atoms with Crippen LogP contribution in [0, 0.1) is 13.8 Å². The van der Waals surface area contributed by atoms with Gasteiger partial charge < -0.3 is 5.32 Å². The molecule has 3 aromatic carbocycles. The van der Waals surface area contributed by atoms with E-state index in [1.807, 2.05) is 59.5 Å². The van der Waals surface area contributed by atoms with Crippen molar-refractivity contribution in [2.24, 2.45) is 9.98 Å². The maximum atomic E-state index is 12.4. The minimum atomic E-state index is -0.394. The van der Waals surface area contributed by atoms with Gasteiger partial charge in [-0.2, -0.15) is 4.99 Å². The molecule has 3 aromatic rings. The van der Waals surface area contributed by atoms with Crippen LogP contribution >= 0.6 is 15.9 Å². The van der Waals surface area contributed by atoms with Crippen LogP contribution in [0.1, 0.15) is 34.0 Å². The average molecular weight is 459 g/mol. The molecule has 0 aromatic heterocycles. The number of amidine groups is 2. The van der Waals surface area contributed by atoms with Crippen molar-refractivity contribution in [2.45, 2.75) is 20.0 Å². The Hall–Kier alpha value is -3.25. The number of aryl methyl sites for hydroxylation is 2. The second kappa shape index (κ2) is 7.22. The Morgan fingerprint density at radius 3 is 2.47 bits per heavy atom. The van der Waals surface area contributed by atoms with Gasteiger partial charge in [-0.05, 0) is 43.2 Å². The molecule has 30 heavy (non-hydrogen) atoms. The highest BCUT2D eigenvalue weighted by Gasteiger charge is 2.41. The van der Waals surface area contributed by atoms with Crippen LogP contribution in [0.4, 0.5) is 10.5 Å². The highest BCUT2D eigenvalue weighted by molar-refractivity contribution is 9.10. The van der Waals surface area contributed by atoms with E-state index in [1.54, 1.807) is 0 Å². The molecule has 0 spiro atoms. The first-order valence-corrected chi connectivity index (χ1v) is 10.5. The number of nitrogens with one attached hydrogen (secondary N) is 1. The normalized spacial score (nSPS) is 18.7. The SMILES string of the molecule is Cc1ccc(N=C2c3ccccc3C3=NC(=O)NC(c4ccc(Br)cc4)N32)c(C)c1. The Kier molecular flexibility index (Phi) is 4.51. The van der Waals surface area contributed by atoms with E-state index in [2.05, 4.69) is 52.2 Å². The van der Waals surface area contributed by atoms with Gasteiger partial charge in [-0.15, -0.1) is 0 Å². The van der Waals surface area contributed by atoms with Crippen LogP contribution in [0.3, 0.4) is 0 Å². The lowest BCUT2D eigenvalue weighted by molar-refractivity contribution is 0.234. The summed E-state index contributed by atoms with van der Waals surface area (Å²) in [5, 5.41) is 3.00. The first-order valence-electron chi connectivity index (χ1n) is 9.71. The number of fused-ring (bicyclic) bond motifs is 3. The lowest BCUT2D eigenvalue weighted by Crippen LogP contribution is -2.48. The number of halogens is 1. The van der Waals surface area contributed by atoms with Gasteiger partial charge in [-0.25, -0.2) is 9.79 Å². The summed E-state index contributed by atoms with van der Waals surface area (Å²) >= 11 is 3.48. The quantitative estimate of drug-likeness (QED) is 0.540. The molecule has 6 heteroatoms. The fourth-order valence-electron chi connectivity index (χ4n) is 3.94. The van der Waals surface area contributed by atoms with E-state index in [1.165, 1.54) is 5.56 Å². The first-order chi connectivity index (χ1) is 14.5. The molecule has 2 heterocycles. The summed E-state index contributed by atoms with van der Waals surface area (Å²) in [5.41, 5.74) is 6.04. The van der Waals surface area contributed by atoms with Crippen molar-refractivity contribution in [1.29, 1.82) is 0 Å². The first kappa shape index (κ1) is 18.8. The molecule has 2 amide bonds. The Labute approximate surface area is 183 Å². The van der Waals surface area contributed by atoms with Crippen molar-refractivity contribution in [3.8, 4) is 0 Å². The van der Waals surface area contributed by atoms with Crippen molar-refractivity contribution in [2.75, 3.05) is 0 Å². The highest BCUT2D eigenvalue weighted by Crippen LogP contribution is 2.35. The smallest absolute Gasteiger partial charge is 0.311 e.